The minimum absolute atomic E-state index is 0. The number of rotatable bonds is 4. The molecule has 1 N–H and O–H groups in total. The number of likely N-dealkylation sites (tertiary alicyclic amines) is 1. The van der Waals surface area contributed by atoms with E-state index in [4.69, 9.17) is 0 Å². The Hall–Kier alpha value is -1.59. The van der Waals surface area contributed by atoms with Crippen molar-refractivity contribution in [2.24, 2.45) is 5.92 Å². The van der Waals surface area contributed by atoms with Crippen LogP contribution in [-0.2, 0) is 16.1 Å². The van der Waals surface area contributed by atoms with Gasteiger partial charge in [0, 0.05) is 44.7 Å². The predicted molar refractivity (Wildman–Crippen MR) is 108 cm³/mol. The van der Waals surface area contributed by atoms with Gasteiger partial charge in [0.05, 0.1) is 5.92 Å². The van der Waals surface area contributed by atoms with Gasteiger partial charge >= 0.3 is 0 Å². The molecular formula is C21H30ClN3O2. The average molecular weight is 392 g/mol. The quantitative estimate of drug-likeness (QED) is 0.858. The number of aryl methyl sites for hydroxylation is 1. The molecule has 3 saturated heterocycles. The number of benzene rings is 1. The fraction of sp³-hybridized carbons (Fsp3) is 0.619. The fourth-order valence-electron chi connectivity index (χ4n) is 4.82. The monoisotopic (exact) mass is 391 g/mol. The molecule has 0 radical (unpaired) electrons. The lowest BCUT2D eigenvalue weighted by Gasteiger charge is -2.36. The molecular weight excluding hydrogens is 362 g/mol. The van der Waals surface area contributed by atoms with Gasteiger partial charge in [-0.1, -0.05) is 29.8 Å². The molecule has 27 heavy (non-hydrogen) atoms. The molecule has 148 valence electrons. The number of nitrogens with zero attached hydrogens (tertiary/aromatic N) is 2. The van der Waals surface area contributed by atoms with Gasteiger partial charge in [0.2, 0.25) is 11.8 Å². The van der Waals surface area contributed by atoms with Gasteiger partial charge in [-0.2, -0.15) is 0 Å². The van der Waals surface area contributed by atoms with E-state index in [2.05, 4.69) is 36.5 Å². The Labute approximate surface area is 167 Å². The van der Waals surface area contributed by atoms with Crippen LogP contribution in [-0.4, -0.2) is 53.3 Å². The third-order valence-electron chi connectivity index (χ3n) is 6.40. The highest BCUT2D eigenvalue weighted by molar-refractivity contribution is 5.89. The van der Waals surface area contributed by atoms with Crippen molar-refractivity contribution in [1.82, 2.24) is 15.1 Å². The van der Waals surface area contributed by atoms with Crippen LogP contribution in [0, 0.1) is 12.8 Å². The summed E-state index contributed by atoms with van der Waals surface area (Å²) in [5.74, 6) is 0.0595. The molecule has 0 aromatic heterocycles. The van der Waals surface area contributed by atoms with E-state index >= 15 is 0 Å². The van der Waals surface area contributed by atoms with Crippen molar-refractivity contribution in [3.8, 4) is 0 Å². The second-order valence-electron chi connectivity index (χ2n) is 8.37. The van der Waals surface area contributed by atoms with Crippen molar-refractivity contribution >= 4 is 24.2 Å². The second kappa shape index (κ2) is 8.19. The van der Waals surface area contributed by atoms with Gasteiger partial charge in [-0.3, -0.25) is 9.59 Å². The number of hydrogen-bond acceptors (Lipinski definition) is 3. The van der Waals surface area contributed by atoms with Crippen LogP contribution < -0.4 is 5.32 Å². The molecule has 6 heteroatoms. The molecule has 5 nitrogen and oxygen atoms in total. The molecule has 3 aliphatic heterocycles. The summed E-state index contributed by atoms with van der Waals surface area (Å²) in [7, 11) is 1.94. The molecule has 2 bridgehead atoms. The minimum atomic E-state index is -0.189. The van der Waals surface area contributed by atoms with Crippen molar-refractivity contribution in [2.45, 2.75) is 63.7 Å². The summed E-state index contributed by atoms with van der Waals surface area (Å²) in [6.07, 6.45) is 4.91. The Balaban J connectivity index is 0.00000210. The second-order valence-corrected chi connectivity index (χ2v) is 8.37. The number of carbonyl (C=O) groups is 2. The van der Waals surface area contributed by atoms with Gasteiger partial charge in [-0.25, -0.2) is 0 Å². The van der Waals surface area contributed by atoms with Crippen LogP contribution in [0.1, 0.15) is 43.2 Å². The Kier molecular flexibility index (Phi) is 6.11. The summed E-state index contributed by atoms with van der Waals surface area (Å²) >= 11 is 0. The summed E-state index contributed by atoms with van der Waals surface area (Å²) in [6, 6.07) is 9.72. The normalized spacial score (nSPS) is 29.6. The lowest BCUT2D eigenvalue weighted by Crippen LogP contribution is -2.50. The van der Waals surface area contributed by atoms with Crippen LogP contribution in [0.3, 0.4) is 0 Å². The molecule has 3 atom stereocenters. The summed E-state index contributed by atoms with van der Waals surface area (Å²) in [5, 5.41) is 3.63. The average Bonchev–Trinajstić information content (AvgIpc) is 3.17. The first-order chi connectivity index (χ1) is 12.5. The third-order valence-corrected chi connectivity index (χ3v) is 6.40. The number of nitrogens with one attached hydrogen (secondary N) is 1. The lowest BCUT2D eigenvalue weighted by atomic mass is 9.97. The third kappa shape index (κ3) is 4.30. The van der Waals surface area contributed by atoms with Crippen molar-refractivity contribution < 1.29 is 9.59 Å². The Morgan fingerprint density at radius 1 is 1.19 bits per heavy atom. The molecule has 0 aliphatic carbocycles. The largest absolute Gasteiger partial charge is 0.342 e. The van der Waals surface area contributed by atoms with E-state index in [1.54, 1.807) is 0 Å². The lowest BCUT2D eigenvalue weighted by molar-refractivity contribution is -0.137. The molecule has 0 spiro atoms. The topological polar surface area (TPSA) is 52.7 Å². The van der Waals surface area contributed by atoms with Crippen LogP contribution in [0.25, 0.3) is 0 Å². The minimum Gasteiger partial charge on any atom is -0.342 e. The Bertz CT molecular complexity index is 681. The van der Waals surface area contributed by atoms with Crippen LogP contribution in [0.5, 0.6) is 0 Å². The van der Waals surface area contributed by atoms with Gasteiger partial charge in [0.25, 0.3) is 0 Å². The van der Waals surface area contributed by atoms with E-state index in [0.717, 1.165) is 18.4 Å². The molecule has 1 aromatic rings. The molecule has 3 fully saturated rings. The van der Waals surface area contributed by atoms with Gasteiger partial charge in [-0.15, -0.1) is 12.4 Å². The van der Waals surface area contributed by atoms with Crippen molar-refractivity contribution in [3.05, 3.63) is 35.4 Å². The number of amides is 2. The van der Waals surface area contributed by atoms with Crippen LogP contribution in [0.4, 0.5) is 0 Å². The predicted octanol–water partition coefficient (Wildman–Crippen LogP) is 2.51. The first-order valence-electron chi connectivity index (χ1n) is 9.85. The maximum absolute atomic E-state index is 13.0. The first-order valence-corrected chi connectivity index (χ1v) is 9.85. The highest BCUT2D eigenvalue weighted by Crippen LogP contribution is 2.31. The van der Waals surface area contributed by atoms with Crippen molar-refractivity contribution in [3.63, 3.8) is 0 Å². The Morgan fingerprint density at radius 2 is 1.81 bits per heavy atom. The fourth-order valence-corrected chi connectivity index (χ4v) is 4.82. The zero-order valence-electron chi connectivity index (χ0n) is 16.2. The standard InChI is InChI=1S/C21H29N3O2.ClH/c1-14-3-5-15(6-4-14)12-24-13-16(9-20(24)25)21(26)23(2)19-10-17-7-8-18(11-19)22-17;/h3-6,16-19,22H,7-13H2,1-2H3;1H. The van der Waals surface area contributed by atoms with E-state index < -0.39 is 0 Å². The molecule has 3 unspecified atom stereocenters. The number of carbonyl (C=O) groups excluding carboxylic acids is 2. The van der Waals surface area contributed by atoms with Gasteiger partial charge < -0.3 is 15.1 Å². The Morgan fingerprint density at radius 3 is 2.44 bits per heavy atom. The van der Waals surface area contributed by atoms with Crippen molar-refractivity contribution in [2.75, 3.05) is 13.6 Å². The highest BCUT2D eigenvalue weighted by Gasteiger charge is 2.40. The van der Waals surface area contributed by atoms with E-state index in [1.165, 1.54) is 18.4 Å². The molecule has 3 heterocycles. The van der Waals surface area contributed by atoms with Crippen LogP contribution >= 0.6 is 12.4 Å². The summed E-state index contributed by atoms with van der Waals surface area (Å²) in [4.78, 5) is 29.2. The summed E-state index contributed by atoms with van der Waals surface area (Å²) < 4.78 is 0. The highest BCUT2D eigenvalue weighted by atomic mass is 35.5. The first kappa shape index (κ1) is 20.2. The van der Waals surface area contributed by atoms with Crippen LogP contribution in [0.15, 0.2) is 24.3 Å². The zero-order chi connectivity index (χ0) is 18.3. The van der Waals surface area contributed by atoms with E-state index in [0.29, 0.717) is 37.6 Å². The van der Waals surface area contributed by atoms with Gasteiger partial charge in [-0.05, 0) is 38.2 Å². The summed E-state index contributed by atoms with van der Waals surface area (Å²) in [5.41, 5.74) is 2.34. The number of fused-ring (bicyclic) bond motifs is 2. The van der Waals surface area contributed by atoms with Crippen LogP contribution in [0.2, 0.25) is 0 Å². The number of hydrogen-bond donors (Lipinski definition) is 1. The number of piperidine rings is 1. The molecule has 2 amide bonds. The van der Waals surface area contributed by atoms with E-state index in [9.17, 15) is 9.59 Å². The SMILES string of the molecule is Cc1ccc(CN2CC(C(=O)N(C)C3CC4CCC(C3)N4)CC2=O)cc1.Cl. The molecule has 0 saturated carbocycles. The van der Waals surface area contributed by atoms with Gasteiger partial charge in [0.15, 0.2) is 0 Å². The molecule has 4 rings (SSSR count). The maximum atomic E-state index is 13.0. The van der Waals surface area contributed by atoms with E-state index in [1.807, 2.05) is 16.8 Å². The molecule has 3 aliphatic rings. The van der Waals surface area contributed by atoms with Crippen molar-refractivity contribution in [1.29, 1.82) is 0 Å². The summed E-state index contributed by atoms with van der Waals surface area (Å²) in [6.45, 7) is 3.21. The number of halogens is 1. The van der Waals surface area contributed by atoms with E-state index in [-0.39, 0.29) is 30.1 Å². The maximum Gasteiger partial charge on any atom is 0.227 e. The smallest absolute Gasteiger partial charge is 0.227 e. The molecule has 1 aromatic carbocycles. The zero-order valence-corrected chi connectivity index (χ0v) is 17.0. The van der Waals surface area contributed by atoms with Gasteiger partial charge in [0.1, 0.15) is 0 Å².